The largest absolute Gasteiger partial charge is 0.497 e. The summed E-state index contributed by atoms with van der Waals surface area (Å²) in [6.07, 6.45) is -3.02. The molecule has 8 N–H and O–H groups in total. The summed E-state index contributed by atoms with van der Waals surface area (Å²) < 4.78 is 11.2. The first-order chi connectivity index (χ1) is 32.9. The van der Waals surface area contributed by atoms with E-state index in [1.165, 1.54) is 32.9 Å². The van der Waals surface area contributed by atoms with E-state index in [1.807, 2.05) is 0 Å². The summed E-state index contributed by atoms with van der Waals surface area (Å²) in [5.41, 5.74) is 6.03. The summed E-state index contributed by atoms with van der Waals surface area (Å²) >= 11 is 0. The molecule has 3 aliphatic heterocycles. The molecule has 3 aliphatic rings. The number of aliphatic hydroxyl groups is 1. The minimum atomic E-state index is -1.79. The molecule has 2 bridgehead atoms. The Balaban J connectivity index is 1.83. The van der Waals surface area contributed by atoms with Gasteiger partial charge >= 0.3 is 5.97 Å². The van der Waals surface area contributed by atoms with Gasteiger partial charge in [0, 0.05) is 33.4 Å². The first-order valence-corrected chi connectivity index (χ1v) is 24.0. The SMILES string of the molecule is COc1ccc(CC2C(=O)NC(C(C)C)C(=O)OC(C)C(NC(=O)C(CCC(N)=O)NC(=O)C3CCCN3C(C)=O)C(=O)NC(CC(C)C)C(=O)NC3CCC(O)N(C3=O)C(C(C)C)C(=O)N2C)cc1. The normalized spacial score (nSPS) is 26.9. The lowest BCUT2D eigenvalue weighted by Gasteiger charge is -2.44. The average Bonchev–Trinajstić information content (AvgIpc) is 3.80. The maximum atomic E-state index is 14.8. The molecule has 22 nitrogen and oxygen atoms in total. The van der Waals surface area contributed by atoms with Gasteiger partial charge in [-0.15, -0.1) is 0 Å². The quantitative estimate of drug-likeness (QED) is 0.115. The van der Waals surface area contributed by atoms with Crippen LogP contribution in [-0.4, -0.2) is 160 Å². The Morgan fingerprint density at radius 2 is 1.54 bits per heavy atom. The van der Waals surface area contributed by atoms with Crippen molar-refractivity contribution in [3.05, 3.63) is 29.8 Å². The number of hydrogen-bond donors (Lipinski definition) is 7. The van der Waals surface area contributed by atoms with Gasteiger partial charge in [0.25, 0.3) is 0 Å². The third kappa shape index (κ3) is 14.4. The predicted octanol–water partition coefficient (Wildman–Crippen LogP) is -0.622. The number of rotatable bonds is 14. The summed E-state index contributed by atoms with van der Waals surface area (Å²) in [6, 6.07) is -4.15. The van der Waals surface area contributed by atoms with Gasteiger partial charge in [0.05, 0.1) is 7.11 Å². The summed E-state index contributed by atoms with van der Waals surface area (Å²) in [5, 5.41) is 24.6. The lowest BCUT2D eigenvalue weighted by Crippen LogP contribution is -2.66. The molecule has 388 valence electrons. The van der Waals surface area contributed by atoms with E-state index in [0.717, 1.165) is 9.80 Å². The number of fused-ring (bicyclic) bond motifs is 2. The number of esters is 1. The van der Waals surface area contributed by atoms with Gasteiger partial charge < -0.3 is 61.6 Å². The second-order valence-electron chi connectivity index (χ2n) is 19.6. The second kappa shape index (κ2) is 25.0. The lowest BCUT2D eigenvalue weighted by atomic mass is 9.93. The van der Waals surface area contributed by atoms with Crippen molar-refractivity contribution in [1.29, 1.82) is 0 Å². The van der Waals surface area contributed by atoms with Crippen LogP contribution in [0.25, 0.3) is 0 Å². The number of carbonyl (C=O) groups is 10. The number of ether oxygens (including phenoxy) is 2. The zero-order chi connectivity index (χ0) is 52.3. The Morgan fingerprint density at radius 3 is 2.11 bits per heavy atom. The maximum Gasteiger partial charge on any atom is 0.329 e. The fraction of sp³-hybridized carbons (Fsp3) is 0.667. The van der Waals surface area contributed by atoms with Crippen LogP contribution >= 0.6 is 0 Å². The molecule has 0 aromatic heterocycles. The summed E-state index contributed by atoms with van der Waals surface area (Å²) in [4.78, 5) is 143. The van der Waals surface area contributed by atoms with Crippen molar-refractivity contribution in [2.75, 3.05) is 20.7 Å². The average molecular weight is 984 g/mol. The van der Waals surface area contributed by atoms with Gasteiger partial charge in [-0.2, -0.15) is 0 Å². The van der Waals surface area contributed by atoms with Crippen molar-refractivity contribution in [2.45, 2.75) is 167 Å². The minimum Gasteiger partial charge on any atom is -0.497 e. The number of likely N-dealkylation sites (N-methyl/N-ethyl adjacent to an activating group) is 1. The number of amides is 9. The van der Waals surface area contributed by atoms with Gasteiger partial charge in [-0.25, -0.2) is 4.79 Å². The molecule has 0 spiro atoms. The van der Waals surface area contributed by atoms with E-state index in [1.54, 1.807) is 65.8 Å². The van der Waals surface area contributed by atoms with Gasteiger partial charge in [-0.3, -0.25) is 43.2 Å². The van der Waals surface area contributed by atoms with Gasteiger partial charge in [-0.1, -0.05) is 53.7 Å². The maximum absolute atomic E-state index is 14.8. The molecule has 9 amide bonds. The van der Waals surface area contributed by atoms with Crippen molar-refractivity contribution < 1.29 is 62.5 Å². The van der Waals surface area contributed by atoms with Crippen molar-refractivity contribution in [1.82, 2.24) is 41.3 Å². The molecular formula is C48H73N9O13. The minimum absolute atomic E-state index is 0.0138. The molecule has 0 aliphatic carbocycles. The zero-order valence-electron chi connectivity index (χ0n) is 41.9. The van der Waals surface area contributed by atoms with Crippen molar-refractivity contribution >= 4 is 59.1 Å². The Morgan fingerprint density at radius 1 is 0.886 bits per heavy atom. The van der Waals surface area contributed by atoms with Crippen LogP contribution in [0.4, 0.5) is 0 Å². The van der Waals surface area contributed by atoms with E-state index in [4.69, 9.17) is 15.2 Å². The lowest BCUT2D eigenvalue weighted by molar-refractivity contribution is -0.167. The van der Waals surface area contributed by atoms with Gasteiger partial charge in [0.15, 0.2) is 0 Å². The molecule has 10 atom stereocenters. The number of cyclic esters (lactones) is 1. The first-order valence-electron chi connectivity index (χ1n) is 24.0. The van der Waals surface area contributed by atoms with Crippen molar-refractivity contribution in [3.8, 4) is 5.75 Å². The van der Waals surface area contributed by atoms with E-state index in [2.05, 4.69) is 26.6 Å². The van der Waals surface area contributed by atoms with E-state index in [9.17, 15) is 53.1 Å². The van der Waals surface area contributed by atoms with Crippen molar-refractivity contribution in [2.24, 2.45) is 23.5 Å². The number of piperidine rings is 1. The molecule has 0 saturated carbocycles. The molecule has 70 heavy (non-hydrogen) atoms. The summed E-state index contributed by atoms with van der Waals surface area (Å²) in [7, 11) is 2.87. The van der Waals surface area contributed by atoms with Gasteiger partial charge in [0.1, 0.15) is 66.4 Å². The predicted molar refractivity (Wildman–Crippen MR) is 252 cm³/mol. The fourth-order valence-electron chi connectivity index (χ4n) is 9.04. The highest BCUT2D eigenvalue weighted by molar-refractivity contribution is 5.99. The van der Waals surface area contributed by atoms with Gasteiger partial charge in [0.2, 0.25) is 53.2 Å². The standard InChI is InChI=1S/C48H73N9O13/c1-24(2)22-33-42(62)51-32-18-20-37(60)57(46(32)66)40(26(5)6)47(67)55(9)35(23-29-13-15-30(69-10)16-14-29)44(64)53-38(25(3)4)48(68)70-27(7)39(45(65)52-33)54-41(61)31(17-19-36(49)59)50-43(63)34-12-11-21-56(34)28(8)58/h13-16,24-27,31-35,37-40,60H,11-12,17-23H2,1-10H3,(H2,49,59)(H,50,63)(H,51,62)(H,52,65)(H,53,64)(H,54,61). The molecule has 0 radical (unpaired) electrons. The third-order valence-corrected chi connectivity index (χ3v) is 13.0. The van der Waals surface area contributed by atoms with Crippen LogP contribution in [0.2, 0.25) is 0 Å². The molecule has 22 heteroatoms. The highest BCUT2D eigenvalue weighted by atomic mass is 16.5. The second-order valence-corrected chi connectivity index (χ2v) is 19.6. The van der Waals surface area contributed by atoms with Crippen LogP contribution in [0.1, 0.15) is 106 Å². The first kappa shape index (κ1) is 56.3. The number of carbonyl (C=O) groups excluding carboxylic acids is 10. The number of likely N-dealkylation sites (tertiary alicyclic amines) is 1. The van der Waals surface area contributed by atoms with Crippen LogP contribution in [0.5, 0.6) is 5.75 Å². The number of benzene rings is 1. The Kier molecular flexibility index (Phi) is 20.1. The van der Waals surface area contributed by atoms with Crippen LogP contribution in [0.15, 0.2) is 24.3 Å². The van der Waals surface area contributed by atoms with E-state index in [0.29, 0.717) is 30.7 Å². The van der Waals surface area contributed by atoms with Crippen LogP contribution in [0, 0.1) is 17.8 Å². The molecule has 3 fully saturated rings. The van der Waals surface area contributed by atoms with Gasteiger partial charge in [-0.05, 0) is 80.9 Å². The van der Waals surface area contributed by atoms with Crippen LogP contribution in [-0.2, 0) is 59.1 Å². The van der Waals surface area contributed by atoms with Crippen molar-refractivity contribution in [3.63, 3.8) is 0 Å². The molecule has 3 saturated heterocycles. The number of methoxy groups -OCH3 is 1. The fourth-order valence-corrected chi connectivity index (χ4v) is 9.04. The van der Waals surface area contributed by atoms with Crippen LogP contribution in [0.3, 0.4) is 0 Å². The number of primary amides is 1. The highest BCUT2D eigenvalue weighted by Crippen LogP contribution is 2.27. The topological polar surface area (TPSA) is 305 Å². The zero-order valence-corrected chi connectivity index (χ0v) is 41.9. The smallest absolute Gasteiger partial charge is 0.329 e. The van der Waals surface area contributed by atoms with E-state index >= 15 is 0 Å². The Bertz CT molecular complexity index is 2100. The third-order valence-electron chi connectivity index (χ3n) is 13.0. The molecule has 1 aromatic carbocycles. The number of nitrogens with one attached hydrogen (secondary N) is 5. The number of aliphatic hydroxyl groups excluding tert-OH is 1. The molecule has 10 unspecified atom stereocenters. The number of nitrogens with two attached hydrogens (primary N) is 1. The molecule has 3 heterocycles. The molecular weight excluding hydrogens is 911 g/mol. The Labute approximate surface area is 409 Å². The van der Waals surface area contributed by atoms with E-state index in [-0.39, 0.29) is 50.4 Å². The molecule has 4 rings (SSSR count). The molecule has 1 aromatic rings. The number of hydrogen-bond acceptors (Lipinski definition) is 13. The Hall–Kier alpha value is -6.32. The highest BCUT2D eigenvalue weighted by Gasteiger charge is 2.47. The number of nitrogens with zero attached hydrogens (tertiary/aromatic N) is 3. The monoisotopic (exact) mass is 984 g/mol. The summed E-state index contributed by atoms with van der Waals surface area (Å²) in [6.45, 7) is 13.1. The van der Waals surface area contributed by atoms with E-state index < -0.39 is 126 Å². The summed E-state index contributed by atoms with van der Waals surface area (Å²) in [5.74, 6) is -8.96. The van der Waals surface area contributed by atoms with Crippen LogP contribution < -0.4 is 37.1 Å².